The molecule has 0 aliphatic carbocycles. The molecule has 4 nitrogen and oxygen atoms in total. The van der Waals surface area contributed by atoms with Crippen LogP contribution >= 0.6 is 24.2 Å². The molecule has 1 aromatic heterocycles. The van der Waals surface area contributed by atoms with Gasteiger partial charge in [0.25, 0.3) is 5.91 Å². The van der Waals surface area contributed by atoms with E-state index in [2.05, 4.69) is 4.98 Å². The summed E-state index contributed by atoms with van der Waals surface area (Å²) in [5.74, 6) is 2.15. The second kappa shape index (κ2) is 6.83. The number of nitrogens with zero attached hydrogens (tertiary/aromatic N) is 2. The van der Waals surface area contributed by atoms with Crippen LogP contribution in [-0.2, 0) is 6.54 Å². The molecule has 0 radical (unpaired) electrons. The van der Waals surface area contributed by atoms with Gasteiger partial charge in [-0.05, 0) is 12.1 Å². The molecule has 1 amide bonds. The Balaban J connectivity index is 0.00000144. The fourth-order valence-electron chi connectivity index (χ4n) is 1.67. The number of carbonyl (C=O) groups is 1. The maximum Gasteiger partial charge on any atom is 0.254 e. The Hall–Kier alpha value is -0.780. The second-order valence-electron chi connectivity index (χ2n) is 3.64. The Labute approximate surface area is 111 Å². The molecule has 0 bridgehead atoms. The van der Waals surface area contributed by atoms with Crippen molar-refractivity contribution < 1.29 is 4.79 Å². The lowest BCUT2D eigenvalue weighted by Gasteiger charge is -2.26. The summed E-state index contributed by atoms with van der Waals surface area (Å²) >= 11 is 1.89. The predicted octanol–water partition coefficient (Wildman–Crippen LogP) is 1.15. The third-order valence-corrected chi connectivity index (χ3v) is 3.51. The third-order valence-electron chi connectivity index (χ3n) is 2.57. The molecular weight excluding hydrogens is 258 g/mol. The highest BCUT2D eigenvalue weighted by Crippen LogP contribution is 2.13. The van der Waals surface area contributed by atoms with Crippen LogP contribution in [0, 0.1) is 0 Å². The van der Waals surface area contributed by atoms with Gasteiger partial charge in [0.15, 0.2) is 0 Å². The number of halogens is 1. The molecule has 2 N–H and O–H groups in total. The summed E-state index contributed by atoms with van der Waals surface area (Å²) in [5.41, 5.74) is 6.96. The van der Waals surface area contributed by atoms with E-state index in [0.717, 1.165) is 30.3 Å². The molecule has 6 heteroatoms. The van der Waals surface area contributed by atoms with Crippen LogP contribution in [0.3, 0.4) is 0 Å². The van der Waals surface area contributed by atoms with Crippen LogP contribution in [0.2, 0.25) is 0 Å². The van der Waals surface area contributed by atoms with E-state index in [1.165, 1.54) is 0 Å². The predicted molar refractivity (Wildman–Crippen MR) is 72.6 cm³/mol. The van der Waals surface area contributed by atoms with Gasteiger partial charge in [-0.2, -0.15) is 11.8 Å². The number of rotatable bonds is 2. The zero-order valence-electron chi connectivity index (χ0n) is 9.46. The van der Waals surface area contributed by atoms with Gasteiger partial charge in [-0.1, -0.05) is 0 Å². The number of amides is 1. The van der Waals surface area contributed by atoms with Crippen molar-refractivity contribution in [3.63, 3.8) is 0 Å². The monoisotopic (exact) mass is 273 g/mol. The largest absolute Gasteiger partial charge is 0.337 e. The molecule has 0 atom stereocenters. The number of nitrogens with two attached hydrogens (primary N) is 1. The van der Waals surface area contributed by atoms with Gasteiger partial charge in [0.2, 0.25) is 0 Å². The van der Waals surface area contributed by atoms with Crippen molar-refractivity contribution in [1.82, 2.24) is 9.88 Å². The Morgan fingerprint density at radius 3 is 2.82 bits per heavy atom. The molecule has 0 saturated carbocycles. The highest BCUT2D eigenvalue weighted by Gasteiger charge is 2.18. The van der Waals surface area contributed by atoms with Crippen molar-refractivity contribution in [3.8, 4) is 0 Å². The maximum absolute atomic E-state index is 12.1. The Bertz CT molecular complexity index is 383. The van der Waals surface area contributed by atoms with E-state index in [1.54, 1.807) is 18.3 Å². The maximum atomic E-state index is 12.1. The molecule has 1 aliphatic heterocycles. The zero-order chi connectivity index (χ0) is 11.4. The van der Waals surface area contributed by atoms with E-state index in [9.17, 15) is 4.79 Å². The van der Waals surface area contributed by atoms with Crippen molar-refractivity contribution in [1.29, 1.82) is 0 Å². The summed E-state index contributed by atoms with van der Waals surface area (Å²) in [5, 5.41) is 0. The van der Waals surface area contributed by atoms with Crippen molar-refractivity contribution in [2.75, 3.05) is 24.6 Å². The number of carbonyl (C=O) groups excluding carboxylic acids is 1. The number of hydrogen-bond acceptors (Lipinski definition) is 4. The van der Waals surface area contributed by atoms with Gasteiger partial charge in [-0.15, -0.1) is 12.4 Å². The normalized spacial score (nSPS) is 15.2. The smallest absolute Gasteiger partial charge is 0.254 e. The Morgan fingerprint density at radius 1 is 1.47 bits per heavy atom. The van der Waals surface area contributed by atoms with Crippen molar-refractivity contribution in [2.45, 2.75) is 6.54 Å². The number of thioether (sulfide) groups is 1. The van der Waals surface area contributed by atoms with Crippen LogP contribution in [0.5, 0.6) is 0 Å². The molecule has 0 spiro atoms. The van der Waals surface area contributed by atoms with Gasteiger partial charge < -0.3 is 10.6 Å². The van der Waals surface area contributed by atoms with Crippen molar-refractivity contribution >= 4 is 30.1 Å². The average Bonchev–Trinajstić information content (AvgIpc) is 2.39. The van der Waals surface area contributed by atoms with Crippen molar-refractivity contribution in [2.24, 2.45) is 5.73 Å². The fraction of sp³-hybridized carbons (Fsp3) is 0.455. The van der Waals surface area contributed by atoms with E-state index < -0.39 is 0 Å². The summed E-state index contributed by atoms with van der Waals surface area (Å²) in [6, 6.07) is 3.54. The number of hydrogen-bond donors (Lipinski definition) is 1. The average molecular weight is 274 g/mol. The first-order valence-electron chi connectivity index (χ1n) is 5.33. The SMILES string of the molecule is Cl.NCc1cc(C(=O)N2CCSCC2)ccn1. The summed E-state index contributed by atoms with van der Waals surface area (Å²) in [6.45, 7) is 2.05. The van der Waals surface area contributed by atoms with E-state index in [1.807, 2.05) is 16.7 Å². The molecule has 1 aliphatic rings. The summed E-state index contributed by atoms with van der Waals surface area (Å²) in [6.07, 6.45) is 1.65. The molecule has 17 heavy (non-hydrogen) atoms. The van der Waals surface area contributed by atoms with Gasteiger partial charge in [0.05, 0.1) is 5.69 Å². The first-order valence-corrected chi connectivity index (χ1v) is 6.49. The topological polar surface area (TPSA) is 59.2 Å². The van der Waals surface area contributed by atoms with Crippen LogP contribution < -0.4 is 5.73 Å². The lowest BCUT2D eigenvalue weighted by molar-refractivity contribution is 0.0772. The minimum atomic E-state index is 0. The third kappa shape index (κ3) is 3.59. The highest BCUT2D eigenvalue weighted by atomic mass is 35.5. The van der Waals surface area contributed by atoms with Crippen LogP contribution in [0.1, 0.15) is 16.1 Å². The highest BCUT2D eigenvalue weighted by molar-refractivity contribution is 7.99. The van der Waals surface area contributed by atoms with E-state index >= 15 is 0 Å². The van der Waals surface area contributed by atoms with Crippen molar-refractivity contribution in [3.05, 3.63) is 29.6 Å². The zero-order valence-corrected chi connectivity index (χ0v) is 11.1. The molecule has 1 fully saturated rings. The summed E-state index contributed by atoms with van der Waals surface area (Å²) in [7, 11) is 0. The number of aromatic nitrogens is 1. The Kier molecular flexibility index (Phi) is 5.74. The van der Waals surface area contributed by atoms with Gasteiger partial charge in [-0.3, -0.25) is 9.78 Å². The molecule has 2 heterocycles. The minimum Gasteiger partial charge on any atom is -0.337 e. The standard InChI is InChI=1S/C11H15N3OS.ClH/c12-8-10-7-9(1-2-13-10)11(15)14-3-5-16-6-4-14;/h1-2,7H,3-6,8,12H2;1H. The van der Waals surface area contributed by atoms with E-state index in [0.29, 0.717) is 12.1 Å². The lowest BCUT2D eigenvalue weighted by Crippen LogP contribution is -2.37. The summed E-state index contributed by atoms with van der Waals surface area (Å²) < 4.78 is 0. The first kappa shape index (κ1) is 14.3. The number of pyridine rings is 1. The quantitative estimate of drug-likeness (QED) is 0.878. The van der Waals surface area contributed by atoms with Crippen LogP contribution in [0.4, 0.5) is 0 Å². The molecule has 1 saturated heterocycles. The Morgan fingerprint density at radius 2 is 2.18 bits per heavy atom. The lowest BCUT2D eigenvalue weighted by atomic mass is 10.2. The molecular formula is C11H16ClN3OS. The molecule has 94 valence electrons. The molecule has 0 unspecified atom stereocenters. The summed E-state index contributed by atoms with van der Waals surface area (Å²) in [4.78, 5) is 18.1. The van der Waals surface area contributed by atoms with Crippen LogP contribution in [0.15, 0.2) is 18.3 Å². The second-order valence-corrected chi connectivity index (χ2v) is 4.87. The van der Waals surface area contributed by atoms with Gasteiger partial charge in [0.1, 0.15) is 0 Å². The first-order chi connectivity index (χ1) is 7.81. The van der Waals surface area contributed by atoms with Crippen LogP contribution in [0.25, 0.3) is 0 Å². The fourth-order valence-corrected chi connectivity index (χ4v) is 2.57. The molecule has 1 aromatic rings. The molecule has 2 rings (SSSR count). The van der Waals surface area contributed by atoms with Gasteiger partial charge in [-0.25, -0.2) is 0 Å². The van der Waals surface area contributed by atoms with Crippen LogP contribution in [-0.4, -0.2) is 40.4 Å². The molecule has 0 aromatic carbocycles. The van der Waals surface area contributed by atoms with Gasteiger partial charge in [0, 0.05) is 42.9 Å². The van der Waals surface area contributed by atoms with Gasteiger partial charge >= 0.3 is 0 Å². The minimum absolute atomic E-state index is 0. The van der Waals surface area contributed by atoms with E-state index in [4.69, 9.17) is 5.73 Å². The van der Waals surface area contributed by atoms with E-state index in [-0.39, 0.29) is 18.3 Å².